The zero-order valence-corrected chi connectivity index (χ0v) is 17.6. The number of thioether (sulfide) groups is 1. The molecule has 7 heteroatoms. The Morgan fingerprint density at radius 3 is 2.77 bits per heavy atom. The van der Waals surface area contributed by atoms with Gasteiger partial charge in [-0.25, -0.2) is 4.39 Å². The predicted molar refractivity (Wildman–Crippen MR) is 118 cm³/mol. The van der Waals surface area contributed by atoms with Crippen LogP contribution in [0.4, 0.5) is 10.1 Å². The number of anilines is 1. The highest BCUT2D eigenvalue weighted by molar-refractivity contribution is 8.00. The number of rotatable bonds is 7. The Kier molecular flexibility index (Phi) is 5.99. The lowest BCUT2D eigenvalue weighted by atomic mass is 10.1. The molecule has 4 rings (SSSR count). The van der Waals surface area contributed by atoms with Crippen LogP contribution < -0.4 is 5.32 Å². The van der Waals surface area contributed by atoms with Gasteiger partial charge in [-0.2, -0.15) is 0 Å². The molecular weight excluding hydrogens is 399 g/mol. The van der Waals surface area contributed by atoms with Crippen molar-refractivity contribution in [3.63, 3.8) is 0 Å². The molecule has 1 aromatic heterocycles. The first-order valence-electron chi connectivity index (χ1n) is 9.94. The molecule has 1 aliphatic carbocycles. The molecule has 0 radical (unpaired) electrons. The molecule has 0 saturated carbocycles. The molecule has 1 heterocycles. The summed E-state index contributed by atoms with van der Waals surface area (Å²) in [5.41, 5.74) is 4.28. The number of allylic oxidation sites excluding steroid dienone is 1. The average molecular weight is 423 g/mol. The highest BCUT2D eigenvalue weighted by Gasteiger charge is 2.21. The third-order valence-corrected chi connectivity index (χ3v) is 6.23. The van der Waals surface area contributed by atoms with E-state index in [9.17, 15) is 9.18 Å². The standard InChI is InChI=1S/C23H23FN4OS/c1-3-13-28-21(17-7-10-19(24)11-8-17)26-27-23(28)30-15(2)22(29)25-20-12-9-16-5-4-6-18(16)14-20/h3,7-12,14-15H,1,4-6,13H2,2H3,(H,25,29)/t15-/m0/s1. The fourth-order valence-corrected chi connectivity index (χ4v) is 4.45. The lowest BCUT2D eigenvalue weighted by molar-refractivity contribution is -0.115. The molecule has 5 nitrogen and oxygen atoms in total. The number of nitrogens with zero attached hydrogens (tertiary/aromatic N) is 3. The van der Waals surface area contributed by atoms with Crippen molar-refractivity contribution in [2.24, 2.45) is 0 Å². The van der Waals surface area contributed by atoms with Crippen molar-refractivity contribution in [3.05, 3.63) is 72.1 Å². The summed E-state index contributed by atoms with van der Waals surface area (Å²) in [4.78, 5) is 12.7. The number of hydrogen-bond acceptors (Lipinski definition) is 4. The van der Waals surface area contributed by atoms with Crippen molar-refractivity contribution in [3.8, 4) is 11.4 Å². The molecule has 1 atom stereocenters. The molecule has 0 bridgehead atoms. The molecule has 1 aliphatic rings. The third-order valence-electron chi connectivity index (χ3n) is 5.15. The van der Waals surface area contributed by atoms with Crippen LogP contribution in [0.15, 0.2) is 60.3 Å². The van der Waals surface area contributed by atoms with Crippen LogP contribution in [-0.4, -0.2) is 25.9 Å². The second-order valence-corrected chi connectivity index (χ2v) is 8.61. The third kappa shape index (κ3) is 4.31. The Morgan fingerprint density at radius 1 is 1.23 bits per heavy atom. The second-order valence-electron chi connectivity index (χ2n) is 7.30. The van der Waals surface area contributed by atoms with Gasteiger partial charge in [-0.15, -0.1) is 16.8 Å². The molecule has 154 valence electrons. The quantitative estimate of drug-likeness (QED) is 0.436. The van der Waals surface area contributed by atoms with Crippen LogP contribution in [0.25, 0.3) is 11.4 Å². The molecule has 1 N–H and O–H groups in total. The normalized spacial score (nSPS) is 13.7. The summed E-state index contributed by atoms with van der Waals surface area (Å²) in [5.74, 6) is 0.220. The average Bonchev–Trinajstić information content (AvgIpc) is 3.36. The van der Waals surface area contributed by atoms with E-state index in [1.807, 2.05) is 17.6 Å². The SMILES string of the molecule is C=CCn1c(S[C@@H](C)C(=O)Nc2ccc3c(c2)CCC3)nnc1-c1ccc(F)cc1. The van der Waals surface area contributed by atoms with Gasteiger partial charge in [0.2, 0.25) is 5.91 Å². The molecule has 0 saturated heterocycles. The number of hydrogen-bond donors (Lipinski definition) is 1. The van der Waals surface area contributed by atoms with Gasteiger partial charge in [0.25, 0.3) is 0 Å². The first-order chi connectivity index (χ1) is 14.5. The minimum atomic E-state index is -0.368. The Morgan fingerprint density at radius 2 is 2.00 bits per heavy atom. The van der Waals surface area contributed by atoms with Gasteiger partial charge in [0.15, 0.2) is 11.0 Å². The molecule has 0 aliphatic heterocycles. The highest BCUT2D eigenvalue weighted by Crippen LogP contribution is 2.29. The second kappa shape index (κ2) is 8.83. The van der Waals surface area contributed by atoms with Crippen LogP contribution in [0.5, 0.6) is 0 Å². The summed E-state index contributed by atoms with van der Waals surface area (Å²) in [7, 11) is 0. The molecule has 1 amide bonds. The Balaban J connectivity index is 1.49. The Hall–Kier alpha value is -2.93. The number of nitrogens with one attached hydrogen (secondary N) is 1. The van der Waals surface area contributed by atoms with E-state index in [2.05, 4.69) is 34.2 Å². The maximum atomic E-state index is 13.3. The van der Waals surface area contributed by atoms with E-state index in [0.29, 0.717) is 17.5 Å². The maximum absolute atomic E-state index is 13.3. The molecule has 30 heavy (non-hydrogen) atoms. The number of aromatic nitrogens is 3. The first-order valence-corrected chi connectivity index (χ1v) is 10.8. The minimum absolute atomic E-state index is 0.0885. The van der Waals surface area contributed by atoms with Gasteiger partial charge in [0, 0.05) is 17.8 Å². The fourth-order valence-electron chi connectivity index (χ4n) is 3.59. The molecule has 2 aromatic carbocycles. The van der Waals surface area contributed by atoms with Gasteiger partial charge in [-0.05, 0) is 73.7 Å². The summed E-state index contributed by atoms with van der Waals surface area (Å²) < 4.78 is 15.1. The van der Waals surface area contributed by atoms with Crippen LogP contribution >= 0.6 is 11.8 Å². The van der Waals surface area contributed by atoms with Crippen molar-refractivity contribution in [1.29, 1.82) is 0 Å². The van der Waals surface area contributed by atoms with E-state index in [-0.39, 0.29) is 17.0 Å². The Labute approximate surface area is 179 Å². The lowest BCUT2D eigenvalue weighted by Gasteiger charge is -2.13. The predicted octanol–water partition coefficient (Wildman–Crippen LogP) is 4.88. The van der Waals surface area contributed by atoms with Crippen molar-refractivity contribution < 1.29 is 9.18 Å². The molecule has 0 fully saturated rings. The van der Waals surface area contributed by atoms with E-state index in [1.54, 1.807) is 18.2 Å². The van der Waals surface area contributed by atoms with Crippen LogP contribution in [0.1, 0.15) is 24.5 Å². The number of amides is 1. The van der Waals surface area contributed by atoms with E-state index in [4.69, 9.17) is 0 Å². The van der Waals surface area contributed by atoms with E-state index in [0.717, 1.165) is 24.1 Å². The monoisotopic (exact) mass is 422 g/mol. The van der Waals surface area contributed by atoms with E-state index >= 15 is 0 Å². The van der Waals surface area contributed by atoms with Crippen molar-refractivity contribution in [2.45, 2.75) is 43.1 Å². The molecular formula is C23H23FN4OS. The molecule has 0 spiro atoms. The van der Waals surface area contributed by atoms with Gasteiger partial charge in [0.1, 0.15) is 5.82 Å². The number of carbonyl (C=O) groups is 1. The van der Waals surface area contributed by atoms with Gasteiger partial charge < -0.3 is 5.32 Å². The topological polar surface area (TPSA) is 59.8 Å². The maximum Gasteiger partial charge on any atom is 0.237 e. The number of aryl methyl sites for hydroxylation is 2. The molecule has 3 aromatic rings. The van der Waals surface area contributed by atoms with Crippen molar-refractivity contribution in [1.82, 2.24) is 14.8 Å². The number of carbonyl (C=O) groups excluding carboxylic acids is 1. The zero-order valence-electron chi connectivity index (χ0n) is 16.8. The first kappa shape index (κ1) is 20.3. The Bertz CT molecular complexity index is 1080. The van der Waals surface area contributed by atoms with Crippen LogP contribution in [0.2, 0.25) is 0 Å². The summed E-state index contributed by atoms with van der Waals surface area (Å²) in [5, 5.41) is 11.8. The highest BCUT2D eigenvalue weighted by atomic mass is 32.2. The van der Waals surface area contributed by atoms with Gasteiger partial charge >= 0.3 is 0 Å². The molecule has 0 unspecified atom stereocenters. The van der Waals surface area contributed by atoms with Crippen LogP contribution in [0.3, 0.4) is 0 Å². The van der Waals surface area contributed by atoms with Crippen molar-refractivity contribution >= 4 is 23.4 Å². The zero-order chi connectivity index (χ0) is 21.1. The summed E-state index contributed by atoms with van der Waals surface area (Å²) >= 11 is 1.34. The van der Waals surface area contributed by atoms with E-state index in [1.165, 1.54) is 41.4 Å². The summed E-state index contributed by atoms with van der Waals surface area (Å²) in [6.45, 7) is 6.13. The van der Waals surface area contributed by atoms with Crippen LogP contribution in [0, 0.1) is 5.82 Å². The number of fused-ring (bicyclic) bond motifs is 1. The lowest BCUT2D eigenvalue weighted by Crippen LogP contribution is -2.23. The number of benzene rings is 2. The fraction of sp³-hybridized carbons (Fsp3) is 0.261. The van der Waals surface area contributed by atoms with E-state index < -0.39 is 0 Å². The minimum Gasteiger partial charge on any atom is -0.325 e. The summed E-state index contributed by atoms with van der Waals surface area (Å²) in [6, 6.07) is 12.3. The largest absolute Gasteiger partial charge is 0.325 e. The van der Waals surface area contributed by atoms with Crippen molar-refractivity contribution in [2.75, 3.05) is 5.32 Å². The number of halogens is 1. The van der Waals surface area contributed by atoms with Gasteiger partial charge in [-0.3, -0.25) is 9.36 Å². The summed E-state index contributed by atoms with van der Waals surface area (Å²) in [6.07, 6.45) is 5.11. The van der Waals surface area contributed by atoms with Gasteiger partial charge in [0.05, 0.1) is 5.25 Å². The van der Waals surface area contributed by atoms with Crippen LogP contribution in [-0.2, 0) is 24.2 Å². The smallest absolute Gasteiger partial charge is 0.237 e. The van der Waals surface area contributed by atoms with Gasteiger partial charge in [-0.1, -0.05) is 23.9 Å².